The molecule has 3 aromatic heterocycles. The van der Waals surface area contributed by atoms with Crippen LogP contribution in [0.25, 0.3) is 20.7 Å². The first-order valence-corrected chi connectivity index (χ1v) is 12.4. The maximum Gasteiger partial charge on any atom is 0.250 e. The molecule has 2 aliphatic rings. The first kappa shape index (κ1) is 22.0. The van der Waals surface area contributed by atoms with Gasteiger partial charge in [-0.3, -0.25) is 4.98 Å². The number of aryl methyl sites for hydroxylation is 1. The molecule has 1 fully saturated rings. The molecule has 4 aromatic rings. The molecule has 5 heterocycles. The maximum absolute atomic E-state index is 11.0. The minimum absolute atomic E-state index is 0.0749. The van der Waals surface area contributed by atoms with Crippen LogP contribution in [0.4, 0.5) is 11.8 Å². The second kappa shape index (κ2) is 8.60. The fourth-order valence-electron chi connectivity index (χ4n) is 4.56. The summed E-state index contributed by atoms with van der Waals surface area (Å²) < 4.78 is 6.60. The van der Waals surface area contributed by atoms with Crippen molar-refractivity contribution in [3.8, 4) is 10.4 Å². The highest BCUT2D eigenvalue weighted by Gasteiger charge is 2.37. The Hall–Kier alpha value is -3.53. The first-order chi connectivity index (χ1) is 17.0. The molecular weight excluding hydrogens is 460 g/mol. The number of hydrogen-bond donors (Lipinski definition) is 2. The van der Waals surface area contributed by atoms with Gasteiger partial charge in [0, 0.05) is 36.4 Å². The van der Waals surface area contributed by atoms with Crippen LogP contribution in [0.5, 0.6) is 0 Å². The largest absolute Gasteiger partial charge is 0.494 e. The summed E-state index contributed by atoms with van der Waals surface area (Å²) in [5, 5.41) is 12.6. The van der Waals surface area contributed by atoms with Gasteiger partial charge in [-0.1, -0.05) is 29.8 Å². The normalized spacial score (nSPS) is 20.5. The summed E-state index contributed by atoms with van der Waals surface area (Å²) in [6.45, 7) is 6.91. The SMILES string of the molecule is Cc1cccc(C2(C)C=C(O)N(c3nc(N4CCOCC4)c4sc(-c5ccncc5)cc4n3)N2)c1. The number of nitrogens with zero attached hydrogens (tertiary/aromatic N) is 5. The monoisotopic (exact) mass is 486 g/mol. The highest BCUT2D eigenvalue weighted by Crippen LogP contribution is 2.40. The Labute approximate surface area is 207 Å². The summed E-state index contributed by atoms with van der Waals surface area (Å²) in [5.74, 6) is 1.34. The molecule has 178 valence electrons. The smallest absolute Gasteiger partial charge is 0.250 e. The molecule has 1 aromatic carbocycles. The number of rotatable bonds is 4. The van der Waals surface area contributed by atoms with E-state index < -0.39 is 5.54 Å². The number of aliphatic hydroxyl groups is 1. The zero-order valence-electron chi connectivity index (χ0n) is 19.6. The van der Waals surface area contributed by atoms with Gasteiger partial charge in [0.05, 0.1) is 29.0 Å². The standard InChI is InChI=1S/C26H26N6O2S/c1-17-4-3-5-19(14-17)26(2)16-22(33)32(30-26)25-28-20-15-21(18-6-8-27-9-7-18)35-23(20)24(29-25)31-10-12-34-13-11-31/h3-9,14-16,30,33H,10-13H2,1-2H3. The van der Waals surface area contributed by atoms with Crippen LogP contribution in [0.2, 0.25) is 0 Å². The van der Waals surface area contributed by atoms with Gasteiger partial charge in [-0.2, -0.15) is 4.98 Å². The number of morpholine rings is 1. The molecule has 2 aliphatic heterocycles. The van der Waals surface area contributed by atoms with Crippen LogP contribution in [0.3, 0.4) is 0 Å². The molecule has 0 spiro atoms. The van der Waals surface area contributed by atoms with E-state index in [1.165, 1.54) is 0 Å². The molecule has 0 radical (unpaired) electrons. The number of nitrogens with one attached hydrogen (secondary N) is 1. The number of aromatic nitrogens is 3. The van der Waals surface area contributed by atoms with Gasteiger partial charge in [-0.25, -0.2) is 15.4 Å². The molecule has 35 heavy (non-hydrogen) atoms. The van der Waals surface area contributed by atoms with Crippen molar-refractivity contribution in [3.63, 3.8) is 0 Å². The van der Waals surface area contributed by atoms with E-state index in [-0.39, 0.29) is 5.88 Å². The number of hydrogen-bond acceptors (Lipinski definition) is 9. The van der Waals surface area contributed by atoms with Gasteiger partial charge in [-0.15, -0.1) is 11.3 Å². The van der Waals surface area contributed by atoms with Gasteiger partial charge < -0.3 is 14.7 Å². The van der Waals surface area contributed by atoms with Crippen molar-refractivity contribution in [3.05, 3.63) is 77.9 Å². The molecule has 8 nitrogen and oxygen atoms in total. The van der Waals surface area contributed by atoms with Crippen molar-refractivity contribution in [1.82, 2.24) is 20.4 Å². The lowest BCUT2D eigenvalue weighted by Gasteiger charge is -2.30. The average Bonchev–Trinajstić information content (AvgIpc) is 3.45. The lowest BCUT2D eigenvalue weighted by atomic mass is 9.92. The summed E-state index contributed by atoms with van der Waals surface area (Å²) in [6, 6.07) is 14.3. The van der Waals surface area contributed by atoms with E-state index in [1.54, 1.807) is 34.8 Å². The lowest BCUT2D eigenvalue weighted by molar-refractivity contribution is 0.122. The van der Waals surface area contributed by atoms with Gasteiger partial charge in [-0.05, 0) is 43.2 Å². The third-order valence-electron chi connectivity index (χ3n) is 6.43. The van der Waals surface area contributed by atoms with Crippen LogP contribution in [-0.2, 0) is 10.3 Å². The number of ether oxygens (including phenoxy) is 1. The Balaban J connectivity index is 1.44. The van der Waals surface area contributed by atoms with Gasteiger partial charge >= 0.3 is 0 Å². The number of thiophene rings is 1. The number of anilines is 2. The Morgan fingerprint density at radius 2 is 1.89 bits per heavy atom. The van der Waals surface area contributed by atoms with Crippen LogP contribution in [0.1, 0.15) is 18.1 Å². The van der Waals surface area contributed by atoms with Crippen LogP contribution in [0.15, 0.2) is 66.8 Å². The molecule has 1 unspecified atom stereocenters. The summed E-state index contributed by atoms with van der Waals surface area (Å²) in [6.07, 6.45) is 5.39. The molecule has 6 rings (SSSR count). The third-order valence-corrected chi connectivity index (χ3v) is 7.60. The average molecular weight is 487 g/mol. The van der Waals surface area contributed by atoms with Gasteiger partial charge in [0.25, 0.3) is 0 Å². The Bertz CT molecular complexity index is 1420. The number of benzene rings is 1. The molecule has 1 atom stereocenters. The van der Waals surface area contributed by atoms with E-state index in [0.717, 1.165) is 50.7 Å². The van der Waals surface area contributed by atoms with Crippen LogP contribution < -0.4 is 15.3 Å². The molecule has 0 bridgehead atoms. The van der Waals surface area contributed by atoms with Crippen molar-refractivity contribution in [2.24, 2.45) is 0 Å². The van der Waals surface area contributed by atoms with Gasteiger partial charge in [0.2, 0.25) is 11.8 Å². The van der Waals surface area contributed by atoms with Crippen LogP contribution >= 0.6 is 11.3 Å². The number of fused-ring (bicyclic) bond motifs is 1. The van der Waals surface area contributed by atoms with Crippen LogP contribution in [-0.4, -0.2) is 46.4 Å². The quantitative estimate of drug-likeness (QED) is 0.435. The van der Waals surface area contributed by atoms with Gasteiger partial charge in [0.15, 0.2) is 5.82 Å². The predicted molar refractivity (Wildman–Crippen MR) is 139 cm³/mol. The van der Waals surface area contributed by atoms with Crippen molar-refractivity contribution in [2.75, 3.05) is 36.2 Å². The van der Waals surface area contributed by atoms with Crippen molar-refractivity contribution < 1.29 is 9.84 Å². The molecule has 2 N–H and O–H groups in total. The number of pyridine rings is 1. The topological polar surface area (TPSA) is 86.6 Å². The highest BCUT2D eigenvalue weighted by atomic mass is 32.1. The third kappa shape index (κ3) is 4.01. The van der Waals surface area contributed by atoms with E-state index >= 15 is 0 Å². The molecule has 1 saturated heterocycles. The molecule has 0 amide bonds. The maximum atomic E-state index is 11.0. The van der Waals surface area contributed by atoms with E-state index in [4.69, 9.17) is 14.7 Å². The Morgan fingerprint density at radius 1 is 1.09 bits per heavy atom. The summed E-state index contributed by atoms with van der Waals surface area (Å²) >= 11 is 1.67. The fourth-order valence-corrected chi connectivity index (χ4v) is 5.68. The number of hydrazine groups is 1. The summed E-state index contributed by atoms with van der Waals surface area (Å²) in [5.41, 5.74) is 6.98. The zero-order chi connectivity index (χ0) is 24.0. The highest BCUT2D eigenvalue weighted by molar-refractivity contribution is 7.22. The zero-order valence-corrected chi connectivity index (χ0v) is 20.4. The van der Waals surface area contributed by atoms with E-state index in [2.05, 4.69) is 46.5 Å². The molecular formula is C26H26N6O2S. The second-order valence-corrected chi connectivity index (χ2v) is 10.1. The lowest BCUT2D eigenvalue weighted by Crippen LogP contribution is -2.44. The number of aliphatic hydroxyl groups excluding tert-OH is 1. The molecule has 9 heteroatoms. The van der Waals surface area contributed by atoms with E-state index in [1.807, 2.05) is 25.1 Å². The Morgan fingerprint density at radius 3 is 2.66 bits per heavy atom. The molecule has 0 saturated carbocycles. The Kier molecular flexibility index (Phi) is 5.40. The predicted octanol–water partition coefficient (Wildman–Crippen LogP) is 4.54. The minimum atomic E-state index is -0.593. The van der Waals surface area contributed by atoms with Crippen LogP contribution in [0, 0.1) is 6.92 Å². The van der Waals surface area contributed by atoms with Gasteiger partial charge in [0.1, 0.15) is 0 Å². The minimum Gasteiger partial charge on any atom is -0.494 e. The first-order valence-electron chi connectivity index (χ1n) is 11.6. The summed E-state index contributed by atoms with van der Waals surface area (Å²) in [4.78, 5) is 17.3. The fraction of sp³-hybridized carbons (Fsp3) is 0.269. The van der Waals surface area contributed by atoms with Crippen molar-refractivity contribution >= 4 is 33.3 Å². The van der Waals surface area contributed by atoms with Crippen molar-refractivity contribution in [2.45, 2.75) is 19.4 Å². The van der Waals surface area contributed by atoms with Crippen molar-refractivity contribution in [1.29, 1.82) is 0 Å². The molecule has 0 aliphatic carbocycles. The second-order valence-electron chi connectivity index (χ2n) is 9.03. The van der Waals surface area contributed by atoms with E-state index in [0.29, 0.717) is 19.2 Å². The summed E-state index contributed by atoms with van der Waals surface area (Å²) in [7, 11) is 0. The van der Waals surface area contributed by atoms with E-state index in [9.17, 15) is 5.11 Å².